The predicted octanol–water partition coefficient (Wildman–Crippen LogP) is 3.04. The van der Waals surface area contributed by atoms with Crippen LogP contribution in [0.25, 0.3) is 0 Å². The fourth-order valence-electron chi connectivity index (χ4n) is 2.13. The maximum atomic E-state index is 2.36. The Morgan fingerprint density at radius 1 is 1.11 bits per heavy atom. The first-order valence-corrected chi connectivity index (χ1v) is 3.99. The third-order valence-electron chi connectivity index (χ3n) is 2.20. The van der Waals surface area contributed by atoms with Crippen molar-refractivity contribution in [2.75, 3.05) is 0 Å². The molecule has 0 nitrogen and oxygen atoms in total. The molecule has 0 aromatic rings. The van der Waals surface area contributed by atoms with Gasteiger partial charge in [-0.3, -0.25) is 0 Å². The maximum absolute atomic E-state index is 2.36. The summed E-state index contributed by atoms with van der Waals surface area (Å²) in [6.07, 6.45) is 4.20. The minimum atomic E-state index is 0.953. The van der Waals surface area contributed by atoms with E-state index in [0.29, 0.717) is 0 Å². The molecule has 0 amide bonds. The van der Waals surface area contributed by atoms with Crippen molar-refractivity contribution < 1.29 is 0 Å². The SMILES string of the molecule is C[C+]1C[C@H](C)C[C@@H](C)C1. The quantitative estimate of drug-likeness (QED) is 0.436. The summed E-state index contributed by atoms with van der Waals surface area (Å²) < 4.78 is 0. The number of hydrogen-bond acceptors (Lipinski definition) is 0. The van der Waals surface area contributed by atoms with E-state index in [4.69, 9.17) is 0 Å². The van der Waals surface area contributed by atoms with E-state index < -0.39 is 0 Å². The lowest BCUT2D eigenvalue weighted by Crippen LogP contribution is -2.15. The normalized spacial score (nSPS) is 37.0. The van der Waals surface area contributed by atoms with Crippen LogP contribution in [0.1, 0.15) is 40.0 Å². The minimum Gasteiger partial charge on any atom is -0.0584 e. The van der Waals surface area contributed by atoms with E-state index in [2.05, 4.69) is 20.8 Å². The van der Waals surface area contributed by atoms with Crippen LogP contribution in [0.4, 0.5) is 0 Å². The molecule has 0 spiro atoms. The lowest BCUT2D eigenvalue weighted by atomic mass is 9.78. The van der Waals surface area contributed by atoms with Gasteiger partial charge in [0.15, 0.2) is 0 Å². The molecule has 0 radical (unpaired) electrons. The zero-order valence-corrected chi connectivity index (χ0v) is 6.78. The molecule has 1 fully saturated rings. The van der Waals surface area contributed by atoms with Gasteiger partial charge >= 0.3 is 0 Å². The van der Waals surface area contributed by atoms with Crippen molar-refractivity contribution in [3.05, 3.63) is 5.92 Å². The average molecular weight is 125 g/mol. The highest BCUT2D eigenvalue weighted by molar-refractivity contribution is 4.92. The Morgan fingerprint density at radius 2 is 1.56 bits per heavy atom. The second kappa shape index (κ2) is 2.64. The molecule has 0 saturated heterocycles. The molecule has 0 heteroatoms. The third kappa shape index (κ3) is 1.92. The van der Waals surface area contributed by atoms with Crippen LogP contribution in [0.5, 0.6) is 0 Å². The molecule has 0 bridgehead atoms. The van der Waals surface area contributed by atoms with Gasteiger partial charge in [0, 0.05) is 0 Å². The molecular formula is C9H17+. The van der Waals surface area contributed by atoms with E-state index in [1.165, 1.54) is 19.3 Å². The molecule has 9 heavy (non-hydrogen) atoms. The van der Waals surface area contributed by atoms with Crippen LogP contribution >= 0.6 is 0 Å². The fourth-order valence-corrected chi connectivity index (χ4v) is 2.13. The minimum absolute atomic E-state index is 0.953. The molecular weight excluding hydrogens is 108 g/mol. The van der Waals surface area contributed by atoms with Gasteiger partial charge in [0.2, 0.25) is 0 Å². The molecule has 0 aromatic heterocycles. The van der Waals surface area contributed by atoms with E-state index in [1.54, 1.807) is 5.92 Å². The van der Waals surface area contributed by atoms with Gasteiger partial charge in [-0.15, -0.1) is 0 Å². The van der Waals surface area contributed by atoms with Gasteiger partial charge in [-0.25, -0.2) is 0 Å². The Morgan fingerprint density at radius 3 is 1.89 bits per heavy atom. The van der Waals surface area contributed by atoms with E-state index in [0.717, 1.165) is 11.8 Å². The highest BCUT2D eigenvalue weighted by Gasteiger charge is 2.28. The van der Waals surface area contributed by atoms with Crippen molar-refractivity contribution in [1.82, 2.24) is 0 Å². The molecule has 2 atom stereocenters. The summed E-state index contributed by atoms with van der Waals surface area (Å²) in [7, 11) is 0. The summed E-state index contributed by atoms with van der Waals surface area (Å²) in [4.78, 5) is 0. The zero-order valence-electron chi connectivity index (χ0n) is 6.78. The van der Waals surface area contributed by atoms with E-state index in [9.17, 15) is 0 Å². The largest absolute Gasteiger partial charge is 0.0922 e. The van der Waals surface area contributed by atoms with E-state index in [-0.39, 0.29) is 0 Å². The van der Waals surface area contributed by atoms with Crippen molar-refractivity contribution in [3.63, 3.8) is 0 Å². The first kappa shape index (κ1) is 6.98. The Kier molecular flexibility index (Phi) is 2.05. The summed E-state index contributed by atoms with van der Waals surface area (Å²) in [5, 5.41) is 0. The van der Waals surface area contributed by atoms with Crippen molar-refractivity contribution in [2.45, 2.75) is 40.0 Å². The smallest absolute Gasteiger partial charge is 0.0584 e. The Balaban J connectivity index is 2.34. The number of hydrogen-bond donors (Lipinski definition) is 0. The van der Waals surface area contributed by atoms with Gasteiger partial charge in [-0.2, -0.15) is 0 Å². The summed E-state index contributed by atoms with van der Waals surface area (Å²) in [6, 6.07) is 0. The van der Waals surface area contributed by atoms with Crippen LogP contribution in [0.15, 0.2) is 0 Å². The van der Waals surface area contributed by atoms with Gasteiger partial charge in [0.1, 0.15) is 0 Å². The second-order valence-corrected chi connectivity index (χ2v) is 3.81. The van der Waals surface area contributed by atoms with Crippen molar-refractivity contribution in [1.29, 1.82) is 0 Å². The highest BCUT2D eigenvalue weighted by atomic mass is 14.3. The summed E-state index contributed by atoms with van der Waals surface area (Å²) in [5.74, 6) is 3.61. The van der Waals surface area contributed by atoms with Crippen LogP contribution in [0.3, 0.4) is 0 Å². The van der Waals surface area contributed by atoms with Gasteiger partial charge < -0.3 is 0 Å². The molecule has 0 aliphatic heterocycles. The molecule has 0 unspecified atom stereocenters. The molecule has 1 saturated carbocycles. The Bertz CT molecular complexity index is 61.0. The van der Waals surface area contributed by atoms with Crippen molar-refractivity contribution in [2.24, 2.45) is 11.8 Å². The lowest BCUT2D eigenvalue weighted by molar-refractivity contribution is 0.325. The van der Waals surface area contributed by atoms with Crippen LogP contribution in [-0.2, 0) is 0 Å². The van der Waals surface area contributed by atoms with Crippen molar-refractivity contribution in [3.8, 4) is 0 Å². The summed E-state index contributed by atoms with van der Waals surface area (Å²) >= 11 is 0. The van der Waals surface area contributed by atoms with Crippen LogP contribution in [-0.4, -0.2) is 0 Å². The summed E-state index contributed by atoms with van der Waals surface area (Å²) in [6.45, 7) is 7.02. The Labute approximate surface area is 58.7 Å². The topological polar surface area (TPSA) is 0 Å². The van der Waals surface area contributed by atoms with Crippen molar-refractivity contribution >= 4 is 0 Å². The van der Waals surface area contributed by atoms with Crippen LogP contribution in [0, 0.1) is 17.8 Å². The van der Waals surface area contributed by atoms with Gasteiger partial charge in [-0.1, -0.05) is 13.8 Å². The van der Waals surface area contributed by atoms with Gasteiger partial charge in [0.25, 0.3) is 0 Å². The first-order valence-electron chi connectivity index (χ1n) is 3.99. The average Bonchev–Trinajstić information content (AvgIpc) is 1.59. The van der Waals surface area contributed by atoms with Gasteiger partial charge in [-0.05, 0) is 18.3 Å². The molecule has 1 aliphatic rings. The Hall–Kier alpha value is -0.130. The van der Waals surface area contributed by atoms with E-state index in [1.807, 2.05) is 0 Å². The predicted molar refractivity (Wildman–Crippen MR) is 41.1 cm³/mol. The molecule has 1 rings (SSSR count). The molecule has 0 heterocycles. The monoisotopic (exact) mass is 125 g/mol. The molecule has 0 N–H and O–H groups in total. The van der Waals surface area contributed by atoms with Crippen LogP contribution < -0.4 is 0 Å². The molecule has 1 aliphatic carbocycles. The maximum Gasteiger partial charge on any atom is 0.0922 e. The summed E-state index contributed by atoms with van der Waals surface area (Å²) in [5.41, 5.74) is 0. The third-order valence-corrected chi connectivity index (χ3v) is 2.20. The highest BCUT2D eigenvalue weighted by Crippen LogP contribution is 2.33. The zero-order chi connectivity index (χ0) is 6.85. The molecule has 0 aromatic carbocycles. The lowest BCUT2D eigenvalue weighted by Gasteiger charge is -2.21. The number of rotatable bonds is 0. The fraction of sp³-hybridized carbons (Fsp3) is 0.889. The van der Waals surface area contributed by atoms with Gasteiger partial charge in [0.05, 0.1) is 25.7 Å². The standard InChI is InChI=1S/C9H17/c1-7-4-8(2)6-9(3)5-7/h7-8H,4-6H2,1-3H3/q+1/t7-,8-/m1/s1. The second-order valence-electron chi connectivity index (χ2n) is 3.81. The molecule has 52 valence electrons. The van der Waals surface area contributed by atoms with Crippen LogP contribution in [0.2, 0.25) is 0 Å². The first-order chi connectivity index (χ1) is 4.18. The van der Waals surface area contributed by atoms with E-state index >= 15 is 0 Å².